The fourth-order valence-electron chi connectivity index (χ4n) is 2.36. The van der Waals surface area contributed by atoms with Gasteiger partial charge in [-0.1, -0.05) is 19.1 Å². The summed E-state index contributed by atoms with van der Waals surface area (Å²) in [6.07, 6.45) is -0.481. The van der Waals surface area contributed by atoms with Crippen LogP contribution in [0.4, 0.5) is 0 Å². The van der Waals surface area contributed by atoms with Gasteiger partial charge in [-0.15, -0.1) is 0 Å². The molecule has 1 fully saturated rings. The summed E-state index contributed by atoms with van der Waals surface area (Å²) < 4.78 is 0. The van der Waals surface area contributed by atoms with E-state index in [9.17, 15) is 5.11 Å². The first kappa shape index (κ1) is 14.4. The van der Waals surface area contributed by atoms with Crippen LogP contribution in [-0.4, -0.2) is 40.1 Å². The molecule has 3 atom stereocenters. The molecular formula is C15H20N2OS. The van der Waals surface area contributed by atoms with Crippen LogP contribution in [0.2, 0.25) is 0 Å². The van der Waals surface area contributed by atoms with E-state index in [0.29, 0.717) is 23.4 Å². The molecule has 1 aliphatic rings. The summed E-state index contributed by atoms with van der Waals surface area (Å²) in [5.74, 6) is 1.13. The maximum atomic E-state index is 10.3. The first-order valence-corrected chi connectivity index (χ1v) is 7.70. The summed E-state index contributed by atoms with van der Waals surface area (Å²) >= 11 is 2.00. The minimum absolute atomic E-state index is 0.481. The van der Waals surface area contributed by atoms with Gasteiger partial charge in [0.15, 0.2) is 0 Å². The van der Waals surface area contributed by atoms with E-state index in [1.165, 1.54) is 0 Å². The molecule has 0 radical (unpaired) electrons. The van der Waals surface area contributed by atoms with Gasteiger partial charge in [0.05, 0.1) is 17.7 Å². The lowest BCUT2D eigenvalue weighted by Gasteiger charge is -2.38. The normalized spacial score (nSPS) is 25.8. The van der Waals surface area contributed by atoms with Crippen LogP contribution in [0.5, 0.6) is 0 Å². The van der Waals surface area contributed by atoms with Crippen LogP contribution >= 0.6 is 11.8 Å². The fraction of sp³-hybridized carbons (Fsp3) is 0.533. The van der Waals surface area contributed by atoms with E-state index in [4.69, 9.17) is 5.26 Å². The molecule has 0 saturated carbocycles. The van der Waals surface area contributed by atoms with Gasteiger partial charge in [0.25, 0.3) is 0 Å². The van der Waals surface area contributed by atoms with E-state index < -0.39 is 6.10 Å². The third-order valence-electron chi connectivity index (χ3n) is 3.85. The number of aliphatic hydroxyl groups excluding tert-OH is 1. The molecule has 0 aromatic heterocycles. The third-order valence-corrected chi connectivity index (χ3v) is 5.18. The van der Waals surface area contributed by atoms with E-state index in [1.54, 1.807) is 12.1 Å². The zero-order valence-corrected chi connectivity index (χ0v) is 12.2. The van der Waals surface area contributed by atoms with Crippen molar-refractivity contribution in [2.75, 3.05) is 18.8 Å². The number of benzene rings is 1. The highest BCUT2D eigenvalue weighted by Gasteiger charge is 2.26. The van der Waals surface area contributed by atoms with Crippen LogP contribution in [0.25, 0.3) is 0 Å². The van der Waals surface area contributed by atoms with Crippen molar-refractivity contribution in [2.24, 2.45) is 0 Å². The number of rotatable bonds is 3. The minimum atomic E-state index is -0.481. The van der Waals surface area contributed by atoms with E-state index in [2.05, 4.69) is 24.8 Å². The summed E-state index contributed by atoms with van der Waals surface area (Å²) in [5.41, 5.74) is 1.52. The topological polar surface area (TPSA) is 47.3 Å². The number of hydrogen-bond acceptors (Lipinski definition) is 4. The van der Waals surface area contributed by atoms with Crippen LogP contribution in [-0.2, 0) is 0 Å². The molecule has 1 aromatic carbocycles. The summed E-state index contributed by atoms with van der Waals surface area (Å²) in [4.78, 5) is 2.35. The minimum Gasteiger partial charge on any atom is -0.387 e. The van der Waals surface area contributed by atoms with Crippen molar-refractivity contribution in [1.82, 2.24) is 4.90 Å². The Morgan fingerprint density at radius 1 is 1.42 bits per heavy atom. The highest BCUT2D eigenvalue weighted by molar-refractivity contribution is 8.00. The van der Waals surface area contributed by atoms with Gasteiger partial charge >= 0.3 is 0 Å². The summed E-state index contributed by atoms with van der Waals surface area (Å²) in [6.45, 7) is 6.17. The molecule has 2 rings (SSSR count). The maximum Gasteiger partial charge on any atom is 0.0991 e. The number of nitrogens with zero attached hydrogens (tertiary/aromatic N) is 2. The predicted molar refractivity (Wildman–Crippen MR) is 79.1 cm³/mol. The first-order valence-electron chi connectivity index (χ1n) is 6.65. The molecule has 0 aliphatic carbocycles. The molecule has 0 spiro atoms. The standard InChI is InChI=1S/C15H20N2OS/c1-11-12(2)19-8-7-17(11)10-15(18)14-5-3-13(9-16)4-6-14/h3-6,11-12,15,18H,7-8,10H2,1-2H3. The average Bonchev–Trinajstić information content (AvgIpc) is 2.44. The number of nitriles is 1. The van der Waals surface area contributed by atoms with Crippen LogP contribution in [0.1, 0.15) is 31.1 Å². The summed E-state index contributed by atoms with van der Waals surface area (Å²) in [6, 6.07) is 9.79. The van der Waals surface area contributed by atoms with Gasteiger partial charge in [0, 0.05) is 30.1 Å². The van der Waals surface area contributed by atoms with E-state index in [1.807, 2.05) is 23.9 Å². The molecule has 1 N–H and O–H groups in total. The highest BCUT2D eigenvalue weighted by Crippen LogP contribution is 2.26. The Bertz CT molecular complexity index is 454. The quantitative estimate of drug-likeness (QED) is 0.921. The SMILES string of the molecule is CC1SCCN(CC(O)c2ccc(C#N)cc2)C1C. The zero-order valence-electron chi connectivity index (χ0n) is 11.4. The zero-order chi connectivity index (χ0) is 13.8. The Morgan fingerprint density at radius 3 is 2.74 bits per heavy atom. The third kappa shape index (κ3) is 3.50. The van der Waals surface area contributed by atoms with Crippen LogP contribution in [0.15, 0.2) is 24.3 Å². The smallest absolute Gasteiger partial charge is 0.0991 e. The molecule has 1 aliphatic heterocycles. The van der Waals surface area contributed by atoms with Crippen molar-refractivity contribution in [1.29, 1.82) is 5.26 Å². The van der Waals surface area contributed by atoms with Gasteiger partial charge < -0.3 is 5.11 Å². The molecule has 1 aromatic rings. The van der Waals surface area contributed by atoms with Gasteiger partial charge in [-0.2, -0.15) is 17.0 Å². The Morgan fingerprint density at radius 2 is 2.11 bits per heavy atom. The lowest BCUT2D eigenvalue weighted by molar-refractivity contribution is 0.0930. The second kappa shape index (κ2) is 6.42. The van der Waals surface area contributed by atoms with Gasteiger partial charge in [0.2, 0.25) is 0 Å². The van der Waals surface area contributed by atoms with E-state index >= 15 is 0 Å². The average molecular weight is 276 g/mol. The number of hydrogen-bond donors (Lipinski definition) is 1. The number of β-amino-alcohol motifs (C(OH)–C–C–N with tert-alkyl or cyclic N) is 1. The highest BCUT2D eigenvalue weighted by atomic mass is 32.2. The largest absolute Gasteiger partial charge is 0.387 e. The molecule has 19 heavy (non-hydrogen) atoms. The van der Waals surface area contributed by atoms with Crippen molar-refractivity contribution in [3.05, 3.63) is 35.4 Å². The van der Waals surface area contributed by atoms with Gasteiger partial charge in [0.1, 0.15) is 0 Å². The van der Waals surface area contributed by atoms with Crippen molar-refractivity contribution < 1.29 is 5.11 Å². The van der Waals surface area contributed by atoms with Crippen molar-refractivity contribution >= 4 is 11.8 Å². The Balaban J connectivity index is 1.99. The summed E-state index contributed by atoms with van der Waals surface area (Å²) in [5, 5.41) is 19.7. The maximum absolute atomic E-state index is 10.3. The predicted octanol–water partition coefficient (Wildman–Crippen LogP) is 2.42. The van der Waals surface area contributed by atoms with Crippen molar-refractivity contribution in [3.8, 4) is 6.07 Å². The molecule has 0 bridgehead atoms. The Hall–Kier alpha value is -1.02. The molecule has 1 heterocycles. The molecule has 0 amide bonds. The number of thioether (sulfide) groups is 1. The molecular weight excluding hydrogens is 256 g/mol. The van der Waals surface area contributed by atoms with Gasteiger partial charge in [-0.25, -0.2) is 0 Å². The molecule has 102 valence electrons. The van der Waals surface area contributed by atoms with Gasteiger partial charge in [-0.05, 0) is 24.6 Å². The second-order valence-electron chi connectivity index (χ2n) is 5.06. The Kier molecular flexibility index (Phi) is 4.87. The lowest BCUT2D eigenvalue weighted by atomic mass is 10.1. The molecule has 3 nitrogen and oxygen atoms in total. The monoisotopic (exact) mass is 276 g/mol. The van der Waals surface area contributed by atoms with E-state index in [-0.39, 0.29) is 0 Å². The van der Waals surface area contributed by atoms with Crippen molar-refractivity contribution in [2.45, 2.75) is 31.2 Å². The van der Waals surface area contributed by atoms with Gasteiger partial charge in [-0.3, -0.25) is 4.90 Å². The van der Waals surface area contributed by atoms with E-state index in [0.717, 1.165) is 17.9 Å². The van der Waals surface area contributed by atoms with Crippen LogP contribution in [0, 0.1) is 11.3 Å². The second-order valence-corrected chi connectivity index (χ2v) is 6.55. The molecule has 1 saturated heterocycles. The Labute approximate surface area is 119 Å². The summed E-state index contributed by atoms with van der Waals surface area (Å²) in [7, 11) is 0. The lowest BCUT2D eigenvalue weighted by Crippen LogP contribution is -2.46. The van der Waals surface area contributed by atoms with Crippen LogP contribution in [0.3, 0.4) is 0 Å². The molecule has 4 heteroatoms. The number of aliphatic hydroxyl groups is 1. The van der Waals surface area contributed by atoms with Crippen LogP contribution < -0.4 is 0 Å². The molecule has 3 unspecified atom stereocenters. The first-order chi connectivity index (χ1) is 9.11. The van der Waals surface area contributed by atoms with Crippen molar-refractivity contribution in [3.63, 3.8) is 0 Å². The fourth-order valence-corrected chi connectivity index (χ4v) is 3.52.